The van der Waals surface area contributed by atoms with E-state index in [4.69, 9.17) is 42.8 Å². The van der Waals surface area contributed by atoms with E-state index in [1.165, 1.54) is 6.33 Å². The van der Waals surface area contributed by atoms with E-state index in [1.807, 2.05) is 0 Å². The molecule has 0 spiro atoms. The lowest BCUT2D eigenvalue weighted by Gasteiger charge is -2.12. The standard InChI is InChI=1S/C25H21ClN4O5S/c1-32-21-11-17-19(12-22(21)33-2)27-14-28-24(17)35-16-9-7-15(8-10-16)29-25(36)30-23(31)13-34-20-6-4-3-5-18(20)26/h3-12,14H,13H2,1-2H3,(H2,29,30,31,36). The molecule has 0 aliphatic rings. The van der Waals surface area contributed by atoms with E-state index in [0.29, 0.717) is 50.5 Å². The molecule has 0 radical (unpaired) electrons. The first-order valence-corrected chi connectivity index (χ1v) is 11.4. The summed E-state index contributed by atoms with van der Waals surface area (Å²) in [6, 6.07) is 17.4. The average Bonchev–Trinajstić information content (AvgIpc) is 2.88. The SMILES string of the molecule is COc1cc2ncnc(Oc3ccc(NC(=S)NC(=O)COc4ccccc4Cl)cc3)c2cc1OC. The van der Waals surface area contributed by atoms with Gasteiger partial charge in [0.25, 0.3) is 5.91 Å². The maximum absolute atomic E-state index is 12.1. The Labute approximate surface area is 217 Å². The molecule has 11 heteroatoms. The molecular formula is C25H21ClN4O5S. The van der Waals surface area contributed by atoms with Gasteiger partial charge in [-0.25, -0.2) is 9.97 Å². The van der Waals surface area contributed by atoms with Crippen LogP contribution in [0, 0.1) is 0 Å². The van der Waals surface area contributed by atoms with Crippen LogP contribution < -0.4 is 29.6 Å². The van der Waals surface area contributed by atoms with E-state index >= 15 is 0 Å². The number of ether oxygens (including phenoxy) is 4. The van der Waals surface area contributed by atoms with Gasteiger partial charge in [-0.05, 0) is 54.7 Å². The molecule has 0 atom stereocenters. The van der Waals surface area contributed by atoms with Gasteiger partial charge in [0.15, 0.2) is 23.2 Å². The molecule has 9 nitrogen and oxygen atoms in total. The normalized spacial score (nSPS) is 10.4. The van der Waals surface area contributed by atoms with Crippen LogP contribution in [-0.2, 0) is 4.79 Å². The van der Waals surface area contributed by atoms with Crippen molar-refractivity contribution in [3.63, 3.8) is 0 Å². The molecule has 184 valence electrons. The molecule has 4 rings (SSSR count). The van der Waals surface area contributed by atoms with E-state index in [9.17, 15) is 4.79 Å². The highest BCUT2D eigenvalue weighted by Gasteiger charge is 2.13. The highest BCUT2D eigenvalue weighted by atomic mass is 35.5. The van der Waals surface area contributed by atoms with E-state index in [-0.39, 0.29) is 11.7 Å². The Kier molecular flexibility index (Phi) is 7.99. The Balaban J connectivity index is 1.36. The first kappa shape index (κ1) is 25.0. The maximum atomic E-state index is 12.1. The molecule has 4 aromatic rings. The number of thiocarbonyl (C=S) groups is 1. The number of para-hydroxylation sites is 1. The molecule has 0 aliphatic carbocycles. The molecule has 0 bridgehead atoms. The van der Waals surface area contributed by atoms with Crippen LogP contribution in [0.2, 0.25) is 5.02 Å². The lowest BCUT2D eigenvalue weighted by molar-refractivity contribution is -0.121. The molecule has 3 aromatic carbocycles. The summed E-state index contributed by atoms with van der Waals surface area (Å²) in [4.78, 5) is 20.6. The second-order valence-corrected chi connectivity index (χ2v) is 8.07. The van der Waals surface area contributed by atoms with Gasteiger partial charge in [-0.3, -0.25) is 10.1 Å². The Bertz CT molecular complexity index is 1400. The summed E-state index contributed by atoms with van der Waals surface area (Å²) in [5.74, 6) is 2.00. The van der Waals surface area contributed by atoms with E-state index in [2.05, 4.69) is 20.6 Å². The number of benzene rings is 3. The predicted octanol–water partition coefficient (Wildman–Crippen LogP) is 4.98. The predicted molar refractivity (Wildman–Crippen MR) is 140 cm³/mol. The van der Waals surface area contributed by atoms with Crippen LogP contribution in [0.1, 0.15) is 0 Å². The fraction of sp³-hybridized carbons (Fsp3) is 0.120. The first-order chi connectivity index (χ1) is 17.5. The summed E-state index contributed by atoms with van der Waals surface area (Å²) in [7, 11) is 3.11. The zero-order valence-corrected chi connectivity index (χ0v) is 20.9. The Morgan fingerprint density at radius 1 is 0.972 bits per heavy atom. The lowest BCUT2D eigenvalue weighted by atomic mass is 10.2. The number of fused-ring (bicyclic) bond motifs is 1. The van der Waals surface area contributed by atoms with Crippen molar-refractivity contribution < 1.29 is 23.7 Å². The summed E-state index contributed by atoms with van der Waals surface area (Å²) in [6.07, 6.45) is 1.41. The van der Waals surface area contributed by atoms with Crippen molar-refractivity contribution in [3.8, 4) is 28.9 Å². The molecule has 2 N–H and O–H groups in total. The number of aromatic nitrogens is 2. The summed E-state index contributed by atoms with van der Waals surface area (Å²) in [5.41, 5.74) is 1.30. The minimum atomic E-state index is -0.421. The number of nitrogens with zero attached hydrogens (tertiary/aromatic N) is 2. The molecule has 1 amide bonds. The number of amides is 1. The van der Waals surface area contributed by atoms with Crippen LogP contribution in [0.4, 0.5) is 5.69 Å². The van der Waals surface area contributed by atoms with Crippen LogP contribution in [0.25, 0.3) is 10.9 Å². The van der Waals surface area contributed by atoms with Crippen LogP contribution in [-0.4, -0.2) is 41.8 Å². The Morgan fingerprint density at radius 2 is 1.69 bits per heavy atom. The van der Waals surface area contributed by atoms with E-state index in [1.54, 1.807) is 74.9 Å². The van der Waals surface area contributed by atoms with Crippen LogP contribution in [0.5, 0.6) is 28.9 Å². The molecule has 0 aliphatic heterocycles. The van der Waals surface area contributed by atoms with Crippen molar-refractivity contribution in [1.82, 2.24) is 15.3 Å². The monoisotopic (exact) mass is 524 g/mol. The van der Waals surface area contributed by atoms with E-state index < -0.39 is 5.91 Å². The highest BCUT2D eigenvalue weighted by Crippen LogP contribution is 2.35. The zero-order chi connectivity index (χ0) is 25.5. The quantitative estimate of drug-likeness (QED) is 0.309. The van der Waals surface area contributed by atoms with Crippen molar-refractivity contribution in [2.45, 2.75) is 0 Å². The minimum Gasteiger partial charge on any atom is -0.493 e. The minimum absolute atomic E-state index is 0.124. The number of hydrogen-bond donors (Lipinski definition) is 2. The van der Waals surface area contributed by atoms with Gasteiger partial charge in [0, 0.05) is 11.8 Å². The van der Waals surface area contributed by atoms with Gasteiger partial charge in [0.2, 0.25) is 5.88 Å². The molecular weight excluding hydrogens is 504 g/mol. The van der Waals surface area contributed by atoms with Crippen LogP contribution in [0.15, 0.2) is 67.0 Å². The zero-order valence-electron chi connectivity index (χ0n) is 19.3. The number of carbonyl (C=O) groups excluding carboxylic acids is 1. The van der Waals surface area contributed by atoms with Crippen LogP contribution >= 0.6 is 23.8 Å². The summed E-state index contributed by atoms with van der Waals surface area (Å²) < 4.78 is 22.1. The molecule has 0 unspecified atom stereocenters. The van der Waals surface area contributed by atoms with Gasteiger partial charge < -0.3 is 24.3 Å². The van der Waals surface area contributed by atoms with Crippen molar-refractivity contribution in [1.29, 1.82) is 0 Å². The Morgan fingerprint density at radius 3 is 2.42 bits per heavy atom. The third-order valence-electron chi connectivity index (χ3n) is 4.88. The number of halogens is 1. The van der Waals surface area contributed by atoms with Crippen LogP contribution in [0.3, 0.4) is 0 Å². The number of carbonyl (C=O) groups is 1. The van der Waals surface area contributed by atoms with E-state index in [0.717, 1.165) is 0 Å². The number of hydrogen-bond acceptors (Lipinski definition) is 8. The second kappa shape index (κ2) is 11.5. The molecule has 1 heterocycles. The molecule has 1 aromatic heterocycles. The summed E-state index contributed by atoms with van der Waals surface area (Å²) in [5, 5.41) is 6.70. The average molecular weight is 525 g/mol. The second-order valence-electron chi connectivity index (χ2n) is 7.25. The van der Waals surface area contributed by atoms with Gasteiger partial charge in [0.1, 0.15) is 17.8 Å². The highest BCUT2D eigenvalue weighted by molar-refractivity contribution is 7.80. The van der Waals surface area contributed by atoms with Gasteiger partial charge in [-0.2, -0.15) is 0 Å². The van der Waals surface area contributed by atoms with Gasteiger partial charge in [-0.1, -0.05) is 23.7 Å². The van der Waals surface area contributed by atoms with Crippen molar-refractivity contribution in [3.05, 3.63) is 72.0 Å². The molecule has 0 fully saturated rings. The van der Waals surface area contributed by atoms with Gasteiger partial charge >= 0.3 is 0 Å². The molecule has 0 saturated heterocycles. The number of nitrogens with one attached hydrogen (secondary N) is 2. The number of anilines is 1. The third-order valence-corrected chi connectivity index (χ3v) is 5.40. The molecule has 0 saturated carbocycles. The number of methoxy groups -OCH3 is 2. The summed E-state index contributed by atoms with van der Waals surface area (Å²) >= 11 is 11.2. The first-order valence-electron chi connectivity index (χ1n) is 10.6. The number of rotatable bonds is 8. The van der Waals surface area contributed by atoms with Crippen molar-refractivity contribution in [2.75, 3.05) is 26.1 Å². The van der Waals surface area contributed by atoms with Crippen molar-refractivity contribution in [2.24, 2.45) is 0 Å². The maximum Gasteiger partial charge on any atom is 0.264 e. The fourth-order valence-corrected chi connectivity index (χ4v) is 3.61. The third kappa shape index (κ3) is 6.09. The van der Waals surface area contributed by atoms with Gasteiger partial charge in [-0.15, -0.1) is 0 Å². The smallest absolute Gasteiger partial charge is 0.264 e. The fourth-order valence-electron chi connectivity index (χ4n) is 3.19. The van der Waals surface area contributed by atoms with Gasteiger partial charge in [0.05, 0.1) is 30.1 Å². The van der Waals surface area contributed by atoms with Crippen molar-refractivity contribution >= 4 is 51.4 Å². The lowest BCUT2D eigenvalue weighted by Crippen LogP contribution is -2.37. The topological polar surface area (TPSA) is 104 Å². The largest absolute Gasteiger partial charge is 0.493 e. The Hall–Kier alpha value is -4.15. The summed E-state index contributed by atoms with van der Waals surface area (Å²) in [6.45, 7) is -0.234. The molecule has 36 heavy (non-hydrogen) atoms.